The summed E-state index contributed by atoms with van der Waals surface area (Å²) in [6.07, 6.45) is 4.83. The van der Waals surface area contributed by atoms with Gasteiger partial charge < -0.3 is 5.11 Å². The predicted octanol–water partition coefficient (Wildman–Crippen LogP) is 4.87. The Hall–Kier alpha value is -1.52. The molecule has 1 aromatic rings. The average molecular weight is 307 g/mol. The highest BCUT2D eigenvalue weighted by molar-refractivity contribution is 7.97. The number of carboxylic acid groups (broad SMARTS) is 1. The molecule has 4 heteroatoms. The van der Waals surface area contributed by atoms with Crippen LogP contribution in [0.25, 0.3) is 0 Å². The van der Waals surface area contributed by atoms with Gasteiger partial charge in [0, 0.05) is 11.4 Å². The molecule has 0 aliphatic carbocycles. The Bertz CT molecular complexity index is 466. The number of allylic oxidation sites excluding steroid dienone is 2. The fourth-order valence-corrected chi connectivity index (χ4v) is 2.45. The summed E-state index contributed by atoms with van der Waals surface area (Å²) < 4.78 is 2.12. The quantitative estimate of drug-likeness (QED) is 0.576. The van der Waals surface area contributed by atoms with E-state index in [1.807, 2.05) is 39.1 Å². The summed E-state index contributed by atoms with van der Waals surface area (Å²) in [4.78, 5) is 11.8. The molecule has 0 saturated carbocycles. The minimum atomic E-state index is -0.896. The molecule has 0 heterocycles. The molecule has 0 aliphatic rings. The van der Waals surface area contributed by atoms with Gasteiger partial charge in [0.1, 0.15) is 0 Å². The second-order valence-corrected chi connectivity index (χ2v) is 5.40. The average Bonchev–Trinajstić information content (AvgIpc) is 2.49. The zero-order chi connectivity index (χ0) is 16.3. The van der Waals surface area contributed by atoms with Crippen LogP contribution in [0.3, 0.4) is 0 Å². The predicted molar refractivity (Wildman–Crippen MR) is 91.8 cm³/mol. The summed E-state index contributed by atoms with van der Waals surface area (Å²) >= 11 is 1.60. The van der Waals surface area contributed by atoms with Crippen molar-refractivity contribution >= 4 is 17.9 Å². The number of likely N-dealkylation sites (N-methyl/N-ethyl adjacent to an activating group) is 1. The van der Waals surface area contributed by atoms with Gasteiger partial charge in [0.15, 0.2) is 0 Å². The van der Waals surface area contributed by atoms with E-state index in [1.165, 1.54) is 5.57 Å². The number of rotatable bonds is 7. The molecule has 21 heavy (non-hydrogen) atoms. The van der Waals surface area contributed by atoms with Crippen molar-refractivity contribution in [2.24, 2.45) is 0 Å². The van der Waals surface area contributed by atoms with E-state index in [2.05, 4.69) is 17.8 Å². The lowest BCUT2D eigenvalue weighted by molar-refractivity contribution is 0.0697. The van der Waals surface area contributed by atoms with Crippen LogP contribution in [0.5, 0.6) is 0 Å². The normalized spacial score (nSPS) is 10.8. The number of carboxylic acids is 1. The lowest BCUT2D eigenvalue weighted by Gasteiger charge is -2.16. The highest BCUT2D eigenvalue weighted by atomic mass is 32.2. The Balaban J connectivity index is 0.00000191. The Kier molecular flexibility index (Phi) is 10.4. The summed E-state index contributed by atoms with van der Waals surface area (Å²) in [5.41, 5.74) is 1.62. The van der Waals surface area contributed by atoms with Crippen LogP contribution in [0.1, 0.15) is 37.6 Å². The van der Waals surface area contributed by atoms with Gasteiger partial charge in [-0.25, -0.2) is 9.10 Å². The standard InChI is InChI=1S/C15H19NO2S.C2H6/c1-4-6-12(5-2)11-16(3)19-14-9-7-13(8-10-14)15(17)18;1-2/h4,6-10H,1,5,11H2,2-3H3,(H,17,18);1-2H3/b12-6+;. The monoisotopic (exact) mass is 307 g/mol. The topological polar surface area (TPSA) is 40.5 Å². The number of benzene rings is 1. The Morgan fingerprint density at radius 2 is 1.90 bits per heavy atom. The van der Waals surface area contributed by atoms with Crippen molar-refractivity contribution in [3.63, 3.8) is 0 Å². The fourth-order valence-electron chi connectivity index (χ4n) is 1.61. The van der Waals surface area contributed by atoms with Gasteiger partial charge in [-0.1, -0.05) is 45.1 Å². The third-order valence-corrected chi connectivity index (χ3v) is 3.52. The third-order valence-electron chi connectivity index (χ3n) is 2.60. The molecule has 1 N–H and O–H groups in total. The molecule has 0 bridgehead atoms. The van der Waals surface area contributed by atoms with Crippen LogP contribution in [-0.4, -0.2) is 29.0 Å². The SMILES string of the molecule is C=C/C=C(\CC)CN(C)Sc1ccc(C(=O)O)cc1.CC. The first kappa shape index (κ1) is 19.5. The molecule has 0 amide bonds. The van der Waals surface area contributed by atoms with E-state index >= 15 is 0 Å². The number of carbonyl (C=O) groups is 1. The van der Waals surface area contributed by atoms with Crippen LogP contribution in [0.4, 0.5) is 0 Å². The fraction of sp³-hybridized carbons (Fsp3) is 0.353. The van der Waals surface area contributed by atoms with E-state index in [0.29, 0.717) is 5.56 Å². The second kappa shape index (κ2) is 11.2. The Labute approximate surface area is 132 Å². The number of aromatic carboxylic acids is 1. The van der Waals surface area contributed by atoms with Gasteiger partial charge in [-0.2, -0.15) is 0 Å². The molecule has 0 saturated heterocycles. The van der Waals surface area contributed by atoms with Gasteiger partial charge in [0.2, 0.25) is 0 Å². The molecule has 0 radical (unpaired) electrons. The zero-order valence-electron chi connectivity index (χ0n) is 13.3. The van der Waals surface area contributed by atoms with Crippen molar-refractivity contribution in [3.8, 4) is 0 Å². The van der Waals surface area contributed by atoms with Crippen molar-refractivity contribution in [1.29, 1.82) is 0 Å². The van der Waals surface area contributed by atoms with Gasteiger partial charge in [-0.15, -0.1) is 0 Å². The highest BCUT2D eigenvalue weighted by Crippen LogP contribution is 2.22. The van der Waals surface area contributed by atoms with Gasteiger partial charge in [0.05, 0.1) is 5.56 Å². The van der Waals surface area contributed by atoms with Crippen molar-refractivity contribution in [3.05, 3.63) is 54.1 Å². The smallest absolute Gasteiger partial charge is 0.335 e. The molecule has 1 aromatic carbocycles. The first-order valence-electron chi connectivity index (χ1n) is 7.09. The summed E-state index contributed by atoms with van der Waals surface area (Å²) in [7, 11) is 2.02. The van der Waals surface area contributed by atoms with Gasteiger partial charge >= 0.3 is 5.97 Å². The second-order valence-electron chi connectivity index (χ2n) is 4.12. The largest absolute Gasteiger partial charge is 0.478 e. The summed E-state index contributed by atoms with van der Waals surface area (Å²) in [5, 5.41) is 8.83. The molecule has 0 aliphatic heterocycles. The Morgan fingerprint density at radius 1 is 1.33 bits per heavy atom. The van der Waals surface area contributed by atoms with Crippen molar-refractivity contribution in [2.45, 2.75) is 32.1 Å². The molecular formula is C17H25NO2S. The molecule has 1 rings (SSSR count). The van der Waals surface area contributed by atoms with Crippen LogP contribution in [-0.2, 0) is 0 Å². The Morgan fingerprint density at radius 3 is 2.33 bits per heavy atom. The molecule has 0 atom stereocenters. The minimum absolute atomic E-state index is 0.313. The molecule has 0 unspecified atom stereocenters. The molecule has 0 fully saturated rings. The maximum absolute atomic E-state index is 10.8. The number of hydrogen-bond donors (Lipinski definition) is 1. The number of hydrogen-bond acceptors (Lipinski definition) is 3. The van der Waals surface area contributed by atoms with Crippen molar-refractivity contribution in [1.82, 2.24) is 4.31 Å². The summed E-state index contributed by atoms with van der Waals surface area (Å²) in [6, 6.07) is 6.90. The first-order chi connectivity index (χ1) is 10.1. The summed E-state index contributed by atoms with van der Waals surface area (Å²) in [5.74, 6) is -0.896. The van der Waals surface area contributed by atoms with E-state index in [9.17, 15) is 4.79 Å². The van der Waals surface area contributed by atoms with E-state index in [0.717, 1.165) is 17.9 Å². The maximum Gasteiger partial charge on any atom is 0.335 e. The van der Waals surface area contributed by atoms with E-state index < -0.39 is 5.97 Å². The van der Waals surface area contributed by atoms with Gasteiger partial charge in [0.25, 0.3) is 0 Å². The highest BCUT2D eigenvalue weighted by Gasteiger charge is 2.06. The van der Waals surface area contributed by atoms with Gasteiger partial charge in [-0.05, 0) is 49.7 Å². The van der Waals surface area contributed by atoms with Crippen molar-refractivity contribution in [2.75, 3.05) is 13.6 Å². The van der Waals surface area contributed by atoms with Crippen LogP contribution >= 0.6 is 11.9 Å². The molecule has 3 nitrogen and oxygen atoms in total. The lowest BCUT2D eigenvalue weighted by Crippen LogP contribution is -2.12. The van der Waals surface area contributed by atoms with Crippen LogP contribution in [0.15, 0.2) is 53.5 Å². The van der Waals surface area contributed by atoms with Crippen LogP contribution in [0.2, 0.25) is 0 Å². The van der Waals surface area contributed by atoms with E-state index in [-0.39, 0.29) is 0 Å². The molecule has 0 spiro atoms. The minimum Gasteiger partial charge on any atom is -0.478 e. The molecule has 116 valence electrons. The van der Waals surface area contributed by atoms with E-state index in [4.69, 9.17) is 5.11 Å². The summed E-state index contributed by atoms with van der Waals surface area (Å²) in [6.45, 7) is 10.7. The molecular weight excluding hydrogens is 282 g/mol. The van der Waals surface area contributed by atoms with Crippen LogP contribution < -0.4 is 0 Å². The van der Waals surface area contributed by atoms with E-state index in [1.54, 1.807) is 30.2 Å². The zero-order valence-corrected chi connectivity index (χ0v) is 14.1. The third kappa shape index (κ3) is 7.73. The van der Waals surface area contributed by atoms with Gasteiger partial charge in [-0.3, -0.25) is 0 Å². The van der Waals surface area contributed by atoms with Crippen LogP contribution in [0, 0.1) is 0 Å². The lowest BCUT2D eigenvalue weighted by atomic mass is 10.2. The van der Waals surface area contributed by atoms with Crippen molar-refractivity contribution < 1.29 is 9.90 Å². The molecule has 0 aromatic heterocycles. The maximum atomic E-state index is 10.8. The first-order valence-corrected chi connectivity index (χ1v) is 7.87. The number of nitrogens with zero attached hydrogens (tertiary/aromatic N) is 1.